The largest absolute Gasteiger partial charge is 0.353 e. The Kier molecular flexibility index (Phi) is 4.06. The molecule has 1 aliphatic rings. The zero-order valence-electron chi connectivity index (χ0n) is 11.8. The molecular formula is C16H20ClN3. The summed E-state index contributed by atoms with van der Waals surface area (Å²) in [5, 5.41) is 1.45. The molecule has 1 fully saturated rings. The topological polar surface area (TPSA) is 29.0 Å². The SMILES string of the molecule is CCC1CCCCCN1c1nc(Cl)nc2ccccc12. The predicted octanol–water partition coefficient (Wildman–Crippen LogP) is 4.44. The normalized spacial score (nSPS) is 20.1. The summed E-state index contributed by atoms with van der Waals surface area (Å²) < 4.78 is 0. The van der Waals surface area contributed by atoms with E-state index in [-0.39, 0.29) is 0 Å². The first kappa shape index (κ1) is 13.6. The minimum Gasteiger partial charge on any atom is -0.353 e. The standard InChI is InChI=1S/C16H20ClN3/c1-2-12-8-4-3-7-11-20(12)15-13-9-5-6-10-14(13)18-16(17)19-15/h5-6,9-10,12H,2-4,7-8,11H2,1H3. The fourth-order valence-electron chi connectivity index (χ4n) is 3.13. The highest BCUT2D eigenvalue weighted by Gasteiger charge is 2.23. The van der Waals surface area contributed by atoms with Gasteiger partial charge in [0.05, 0.1) is 5.52 Å². The lowest BCUT2D eigenvalue weighted by atomic mass is 10.1. The molecule has 2 aromatic rings. The van der Waals surface area contributed by atoms with E-state index in [1.165, 1.54) is 25.7 Å². The molecular weight excluding hydrogens is 270 g/mol. The first-order chi connectivity index (χ1) is 9.79. The first-order valence-electron chi connectivity index (χ1n) is 7.48. The molecule has 20 heavy (non-hydrogen) atoms. The van der Waals surface area contributed by atoms with Crippen LogP contribution in [0, 0.1) is 0 Å². The minimum absolute atomic E-state index is 0.345. The van der Waals surface area contributed by atoms with Crippen molar-refractivity contribution in [1.29, 1.82) is 0 Å². The maximum Gasteiger partial charge on any atom is 0.224 e. The summed E-state index contributed by atoms with van der Waals surface area (Å²) in [7, 11) is 0. The number of anilines is 1. The van der Waals surface area contributed by atoms with Gasteiger partial charge < -0.3 is 4.90 Å². The van der Waals surface area contributed by atoms with Gasteiger partial charge in [-0.2, -0.15) is 4.98 Å². The van der Waals surface area contributed by atoms with E-state index in [4.69, 9.17) is 11.6 Å². The Morgan fingerprint density at radius 3 is 2.90 bits per heavy atom. The summed E-state index contributed by atoms with van der Waals surface area (Å²) in [5.41, 5.74) is 0.932. The molecule has 3 rings (SSSR count). The minimum atomic E-state index is 0.345. The number of para-hydroxylation sites is 1. The molecule has 1 atom stereocenters. The molecule has 0 radical (unpaired) electrons. The van der Waals surface area contributed by atoms with Crippen molar-refractivity contribution in [3.63, 3.8) is 0 Å². The van der Waals surface area contributed by atoms with Crippen LogP contribution in [-0.4, -0.2) is 22.6 Å². The van der Waals surface area contributed by atoms with Crippen molar-refractivity contribution in [3.05, 3.63) is 29.5 Å². The zero-order chi connectivity index (χ0) is 13.9. The van der Waals surface area contributed by atoms with E-state index in [1.807, 2.05) is 18.2 Å². The zero-order valence-corrected chi connectivity index (χ0v) is 12.6. The number of nitrogens with zero attached hydrogens (tertiary/aromatic N) is 3. The highest BCUT2D eigenvalue weighted by Crippen LogP contribution is 2.30. The van der Waals surface area contributed by atoms with Crippen LogP contribution in [0.3, 0.4) is 0 Å². The second kappa shape index (κ2) is 5.96. The van der Waals surface area contributed by atoms with Gasteiger partial charge in [-0.25, -0.2) is 4.98 Å². The van der Waals surface area contributed by atoms with E-state index in [9.17, 15) is 0 Å². The Bertz CT molecular complexity index is 599. The first-order valence-corrected chi connectivity index (χ1v) is 7.86. The number of halogens is 1. The Morgan fingerprint density at radius 1 is 1.20 bits per heavy atom. The number of rotatable bonds is 2. The monoisotopic (exact) mass is 289 g/mol. The third kappa shape index (κ3) is 2.59. The van der Waals surface area contributed by atoms with Crippen LogP contribution in [0.15, 0.2) is 24.3 Å². The van der Waals surface area contributed by atoms with Crippen molar-refractivity contribution in [1.82, 2.24) is 9.97 Å². The molecule has 0 saturated carbocycles. The van der Waals surface area contributed by atoms with Gasteiger partial charge >= 0.3 is 0 Å². The Balaban J connectivity index is 2.11. The molecule has 4 heteroatoms. The molecule has 0 aliphatic carbocycles. The van der Waals surface area contributed by atoms with Crippen LogP contribution in [0.1, 0.15) is 39.0 Å². The van der Waals surface area contributed by atoms with Gasteiger partial charge in [0.1, 0.15) is 5.82 Å². The van der Waals surface area contributed by atoms with Gasteiger partial charge in [-0.1, -0.05) is 31.9 Å². The van der Waals surface area contributed by atoms with E-state index in [1.54, 1.807) is 0 Å². The number of hydrogen-bond acceptors (Lipinski definition) is 3. The van der Waals surface area contributed by atoms with Crippen molar-refractivity contribution < 1.29 is 0 Å². The fourth-order valence-corrected chi connectivity index (χ4v) is 3.30. The van der Waals surface area contributed by atoms with Crippen LogP contribution in [0.4, 0.5) is 5.82 Å². The van der Waals surface area contributed by atoms with E-state index < -0.39 is 0 Å². The molecule has 2 heterocycles. The van der Waals surface area contributed by atoms with E-state index >= 15 is 0 Å². The highest BCUT2D eigenvalue weighted by molar-refractivity contribution is 6.28. The van der Waals surface area contributed by atoms with Gasteiger partial charge in [-0.05, 0) is 43.0 Å². The van der Waals surface area contributed by atoms with Crippen LogP contribution in [0.5, 0.6) is 0 Å². The lowest BCUT2D eigenvalue weighted by molar-refractivity contribution is 0.553. The summed E-state index contributed by atoms with van der Waals surface area (Å²) in [6.07, 6.45) is 6.24. The van der Waals surface area contributed by atoms with Crippen LogP contribution >= 0.6 is 11.6 Å². The molecule has 1 aromatic heterocycles. The fraction of sp³-hybridized carbons (Fsp3) is 0.500. The summed E-state index contributed by atoms with van der Waals surface area (Å²) in [4.78, 5) is 11.3. The van der Waals surface area contributed by atoms with Gasteiger partial charge in [-0.15, -0.1) is 0 Å². The van der Waals surface area contributed by atoms with Gasteiger partial charge in [-0.3, -0.25) is 0 Å². The third-order valence-electron chi connectivity index (χ3n) is 4.18. The van der Waals surface area contributed by atoms with Crippen LogP contribution in [0.25, 0.3) is 10.9 Å². The van der Waals surface area contributed by atoms with Crippen LogP contribution in [0.2, 0.25) is 5.28 Å². The molecule has 0 bridgehead atoms. The Morgan fingerprint density at radius 2 is 2.05 bits per heavy atom. The number of aromatic nitrogens is 2. The van der Waals surface area contributed by atoms with Crippen molar-refractivity contribution in [2.45, 2.75) is 45.1 Å². The smallest absolute Gasteiger partial charge is 0.224 e. The van der Waals surface area contributed by atoms with E-state index in [0.717, 1.165) is 29.7 Å². The third-order valence-corrected chi connectivity index (χ3v) is 4.35. The van der Waals surface area contributed by atoms with Gasteiger partial charge in [0.25, 0.3) is 0 Å². The molecule has 1 aromatic carbocycles. The molecule has 106 valence electrons. The highest BCUT2D eigenvalue weighted by atomic mass is 35.5. The molecule has 3 nitrogen and oxygen atoms in total. The van der Waals surface area contributed by atoms with Crippen molar-refractivity contribution in [3.8, 4) is 0 Å². The average Bonchev–Trinajstić information content (AvgIpc) is 2.71. The summed E-state index contributed by atoms with van der Waals surface area (Å²) in [6.45, 7) is 3.32. The number of benzene rings is 1. The lowest BCUT2D eigenvalue weighted by Crippen LogP contribution is -2.35. The van der Waals surface area contributed by atoms with Crippen molar-refractivity contribution in [2.75, 3.05) is 11.4 Å². The lowest BCUT2D eigenvalue weighted by Gasteiger charge is -2.31. The van der Waals surface area contributed by atoms with Crippen molar-refractivity contribution >= 4 is 28.3 Å². The van der Waals surface area contributed by atoms with E-state index in [2.05, 4.69) is 27.9 Å². The second-order valence-corrected chi connectivity index (χ2v) is 5.78. The molecule has 0 amide bonds. The number of fused-ring (bicyclic) bond motifs is 1. The van der Waals surface area contributed by atoms with Crippen LogP contribution in [-0.2, 0) is 0 Å². The van der Waals surface area contributed by atoms with Gasteiger partial charge in [0.15, 0.2) is 0 Å². The maximum absolute atomic E-state index is 6.13. The predicted molar refractivity (Wildman–Crippen MR) is 84.4 cm³/mol. The molecule has 0 spiro atoms. The average molecular weight is 290 g/mol. The summed E-state index contributed by atoms with van der Waals surface area (Å²) in [5.74, 6) is 1.01. The summed E-state index contributed by atoms with van der Waals surface area (Å²) >= 11 is 6.13. The Labute approximate surface area is 125 Å². The Hall–Kier alpha value is -1.35. The summed E-state index contributed by atoms with van der Waals surface area (Å²) in [6, 6.07) is 8.70. The molecule has 1 unspecified atom stereocenters. The number of hydrogen-bond donors (Lipinski definition) is 0. The maximum atomic E-state index is 6.13. The van der Waals surface area contributed by atoms with Gasteiger partial charge in [0.2, 0.25) is 5.28 Å². The molecule has 1 saturated heterocycles. The molecule has 1 aliphatic heterocycles. The van der Waals surface area contributed by atoms with Crippen molar-refractivity contribution in [2.24, 2.45) is 0 Å². The van der Waals surface area contributed by atoms with Crippen LogP contribution < -0.4 is 4.90 Å². The van der Waals surface area contributed by atoms with Gasteiger partial charge in [0, 0.05) is 18.0 Å². The second-order valence-electron chi connectivity index (χ2n) is 5.44. The quantitative estimate of drug-likeness (QED) is 0.765. The molecule has 0 N–H and O–H groups in total. The van der Waals surface area contributed by atoms with E-state index in [0.29, 0.717) is 11.3 Å².